The highest BCUT2D eigenvalue weighted by Crippen LogP contribution is 2.29. The number of H-pyrrole nitrogens is 1. The lowest BCUT2D eigenvalue weighted by molar-refractivity contribution is 0.767. The Morgan fingerprint density at radius 2 is 2.04 bits per heavy atom. The summed E-state index contributed by atoms with van der Waals surface area (Å²) in [6.07, 6.45) is 5.52. The van der Waals surface area contributed by atoms with Gasteiger partial charge in [0.25, 0.3) is 0 Å². The summed E-state index contributed by atoms with van der Waals surface area (Å²) >= 11 is 1.52. The Hall–Kier alpha value is -3.20. The maximum Gasteiger partial charge on any atom is 0.217 e. The van der Waals surface area contributed by atoms with Crippen molar-refractivity contribution in [2.75, 3.05) is 0 Å². The summed E-state index contributed by atoms with van der Waals surface area (Å²) in [4.78, 5) is 1.05. The van der Waals surface area contributed by atoms with Crippen LogP contribution in [0.2, 0.25) is 0 Å². The molecule has 0 bridgehead atoms. The third-order valence-corrected chi connectivity index (χ3v) is 4.78. The van der Waals surface area contributed by atoms with Crippen molar-refractivity contribution in [3.63, 3.8) is 0 Å². The zero-order valence-corrected chi connectivity index (χ0v) is 14.0. The number of aromatic nitrogens is 8. The standard InChI is InChI=1S/C16H12N8S/c1-23-9-11(8-18-23)14-4-5-15-20-21-16(24(15)22-14)25-12-2-3-13-10(6-12)7-17-19-13/h2-9H,1H3,(H,17,19). The van der Waals surface area contributed by atoms with Crippen LogP contribution in [0.1, 0.15) is 0 Å². The monoisotopic (exact) mass is 348 g/mol. The number of rotatable bonds is 3. The molecule has 1 N–H and O–H groups in total. The van der Waals surface area contributed by atoms with Crippen molar-refractivity contribution in [2.45, 2.75) is 10.1 Å². The van der Waals surface area contributed by atoms with Gasteiger partial charge in [-0.05, 0) is 42.1 Å². The molecule has 0 spiro atoms. The molecule has 0 saturated heterocycles. The lowest BCUT2D eigenvalue weighted by Crippen LogP contribution is -1.95. The van der Waals surface area contributed by atoms with Gasteiger partial charge in [0, 0.05) is 29.1 Å². The van der Waals surface area contributed by atoms with E-state index in [1.54, 1.807) is 21.6 Å². The second kappa shape index (κ2) is 5.42. The predicted octanol–water partition coefficient (Wildman–Crippen LogP) is 2.55. The molecular weight excluding hydrogens is 336 g/mol. The third kappa shape index (κ3) is 2.45. The molecule has 0 saturated carbocycles. The van der Waals surface area contributed by atoms with Crippen molar-refractivity contribution in [1.82, 2.24) is 39.8 Å². The topological polar surface area (TPSA) is 89.6 Å². The van der Waals surface area contributed by atoms with Gasteiger partial charge in [0.2, 0.25) is 5.16 Å². The molecule has 4 aromatic heterocycles. The molecule has 25 heavy (non-hydrogen) atoms. The quantitative estimate of drug-likeness (QED) is 0.539. The molecule has 0 radical (unpaired) electrons. The largest absolute Gasteiger partial charge is 0.278 e. The highest BCUT2D eigenvalue weighted by Gasteiger charge is 2.11. The molecule has 0 unspecified atom stereocenters. The Morgan fingerprint density at radius 1 is 1.08 bits per heavy atom. The Morgan fingerprint density at radius 3 is 2.92 bits per heavy atom. The zero-order chi connectivity index (χ0) is 16.8. The Bertz CT molecular complexity index is 1200. The van der Waals surface area contributed by atoms with E-state index in [0.717, 1.165) is 27.1 Å². The average Bonchev–Trinajstić information content (AvgIpc) is 3.34. The zero-order valence-electron chi connectivity index (χ0n) is 13.2. The molecule has 0 atom stereocenters. The maximum atomic E-state index is 4.67. The van der Waals surface area contributed by atoms with Crippen LogP contribution in [0.4, 0.5) is 0 Å². The molecule has 0 fully saturated rings. The number of hydrogen-bond acceptors (Lipinski definition) is 6. The smallest absolute Gasteiger partial charge is 0.217 e. The van der Waals surface area contributed by atoms with E-state index in [0.29, 0.717) is 10.8 Å². The Labute approximate surface area is 145 Å². The van der Waals surface area contributed by atoms with Gasteiger partial charge in [0.15, 0.2) is 5.65 Å². The van der Waals surface area contributed by atoms with Crippen LogP contribution in [-0.4, -0.2) is 39.8 Å². The lowest BCUT2D eigenvalue weighted by atomic mass is 10.2. The SMILES string of the molecule is Cn1cc(-c2ccc3nnc(Sc4ccc5[nH]ncc5c4)n3n2)cn1. The molecule has 1 aromatic carbocycles. The summed E-state index contributed by atoms with van der Waals surface area (Å²) in [5, 5.41) is 26.1. The summed E-state index contributed by atoms with van der Waals surface area (Å²) < 4.78 is 3.51. The van der Waals surface area contributed by atoms with Gasteiger partial charge >= 0.3 is 0 Å². The molecule has 0 amide bonds. The van der Waals surface area contributed by atoms with Gasteiger partial charge in [-0.15, -0.1) is 10.2 Å². The lowest BCUT2D eigenvalue weighted by Gasteiger charge is -2.02. The van der Waals surface area contributed by atoms with Gasteiger partial charge in [-0.25, -0.2) is 0 Å². The first kappa shape index (κ1) is 14.2. The number of aromatic amines is 1. The fourth-order valence-corrected chi connectivity index (χ4v) is 3.47. The van der Waals surface area contributed by atoms with Gasteiger partial charge in [0.05, 0.1) is 23.6 Å². The minimum Gasteiger partial charge on any atom is -0.278 e. The van der Waals surface area contributed by atoms with Crippen LogP contribution in [0, 0.1) is 0 Å². The van der Waals surface area contributed by atoms with Crippen molar-refractivity contribution in [1.29, 1.82) is 0 Å². The average molecular weight is 348 g/mol. The van der Waals surface area contributed by atoms with Crippen LogP contribution in [0.25, 0.3) is 27.8 Å². The number of nitrogens with zero attached hydrogens (tertiary/aromatic N) is 7. The molecule has 0 aliphatic rings. The van der Waals surface area contributed by atoms with Crippen LogP contribution in [0.15, 0.2) is 59.0 Å². The van der Waals surface area contributed by atoms with Gasteiger partial charge in [-0.1, -0.05) is 0 Å². The molecule has 5 rings (SSSR count). The van der Waals surface area contributed by atoms with Crippen LogP contribution in [0.5, 0.6) is 0 Å². The molecule has 0 aliphatic heterocycles. The fraction of sp³-hybridized carbons (Fsp3) is 0.0625. The Kier molecular flexibility index (Phi) is 3.07. The normalized spacial score (nSPS) is 11.6. The maximum absolute atomic E-state index is 4.67. The number of fused-ring (bicyclic) bond motifs is 2. The summed E-state index contributed by atoms with van der Waals surface area (Å²) in [6.45, 7) is 0. The van der Waals surface area contributed by atoms with E-state index in [4.69, 9.17) is 0 Å². The third-order valence-electron chi connectivity index (χ3n) is 3.86. The van der Waals surface area contributed by atoms with Crippen molar-refractivity contribution in [3.05, 3.63) is 48.9 Å². The first-order valence-corrected chi connectivity index (χ1v) is 8.40. The number of benzene rings is 1. The van der Waals surface area contributed by atoms with E-state index in [2.05, 4.69) is 36.7 Å². The summed E-state index contributed by atoms with van der Waals surface area (Å²) in [7, 11) is 1.88. The number of nitrogens with one attached hydrogen (secondary N) is 1. The molecule has 5 aromatic rings. The highest BCUT2D eigenvalue weighted by molar-refractivity contribution is 7.99. The number of aryl methyl sites for hydroxylation is 1. The Balaban J connectivity index is 1.56. The van der Waals surface area contributed by atoms with Gasteiger partial charge in [-0.3, -0.25) is 9.78 Å². The van der Waals surface area contributed by atoms with E-state index in [1.165, 1.54) is 11.8 Å². The van der Waals surface area contributed by atoms with Crippen LogP contribution >= 0.6 is 11.8 Å². The highest BCUT2D eigenvalue weighted by atomic mass is 32.2. The molecule has 8 nitrogen and oxygen atoms in total. The fourth-order valence-electron chi connectivity index (χ4n) is 2.63. The van der Waals surface area contributed by atoms with Gasteiger partial charge in [-0.2, -0.15) is 19.8 Å². The summed E-state index contributed by atoms with van der Waals surface area (Å²) in [5.74, 6) is 0. The number of hydrogen-bond donors (Lipinski definition) is 1. The minimum absolute atomic E-state index is 0.708. The van der Waals surface area contributed by atoms with E-state index in [1.807, 2.05) is 37.5 Å². The molecular formula is C16H12N8S. The second-order valence-corrected chi connectivity index (χ2v) is 6.64. The first-order valence-electron chi connectivity index (χ1n) is 7.59. The summed E-state index contributed by atoms with van der Waals surface area (Å²) in [5.41, 5.74) is 3.49. The van der Waals surface area contributed by atoms with Crippen LogP contribution in [-0.2, 0) is 7.05 Å². The molecule has 0 aliphatic carbocycles. The van der Waals surface area contributed by atoms with E-state index >= 15 is 0 Å². The molecule has 122 valence electrons. The van der Waals surface area contributed by atoms with Crippen LogP contribution in [0.3, 0.4) is 0 Å². The van der Waals surface area contributed by atoms with Crippen molar-refractivity contribution >= 4 is 28.3 Å². The minimum atomic E-state index is 0.708. The van der Waals surface area contributed by atoms with Crippen molar-refractivity contribution in [2.24, 2.45) is 7.05 Å². The van der Waals surface area contributed by atoms with Gasteiger partial charge < -0.3 is 0 Å². The van der Waals surface area contributed by atoms with E-state index in [9.17, 15) is 0 Å². The molecule has 4 heterocycles. The summed E-state index contributed by atoms with van der Waals surface area (Å²) in [6, 6.07) is 9.92. The second-order valence-electron chi connectivity index (χ2n) is 5.59. The predicted molar refractivity (Wildman–Crippen MR) is 93.2 cm³/mol. The molecule has 9 heteroatoms. The van der Waals surface area contributed by atoms with Gasteiger partial charge in [0.1, 0.15) is 0 Å². The van der Waals surface area contributed by atoms with Crippen LogP contribution < -0.4 is 0 Å². The van der Waals surface area contributed by atoms with E-state index in [-0.39, 0.29) is 0 Å². The first-order chi connectivity index (χ1) is 12.3. The van der Waals surface area contributed by atoms with E-state index < -0.39 is 0 Å². The van der Waals surface area contributed by atoms with Crippen molar-refractivity contribution in [3.8, 4) is 11.3 Å². The van der Waals surface area contributed by atoms with Crippen molar-refractivity contribution < 1.29 is 0 Å².